The van der Waals surface area contributed by atoms with Crippen LogP contribution in [0.1, 0.15) is 48.6 Å². The number of hydrogen-bond acceptors (Lipinski definition) is 6. The Morgan fingerprint density at radius 3 is 2.48 bits per heavy atom. The van der Waals surface area contributed by atoms with Gasteiger partial charge in [-0.3, -0.25) is 4.79 Å². The number of nitrogens with zero attached hydrogens (tertiary/aromatic N) is 3. The number of hydrogen-bond donors (Lipinski definition) is 1. The molecule has 0 unspecified atom stereocenters. The molecular weight excluding hydrogens is 344 g/mol. The van der Waals surface area contributed by atoms with Crippen molar-refractivity contribution < 1.29 is 14.3 Å². The highest BCUT2D eigenvalue weighted by molar-refractivity contribution is 5.93. The molecule has 7 heteroatoms. The van der Waals surface area contributed by atoms with Crippen LogP contribution in [0.2, 0.25) is 0 Å². The molecular formula is C20H26N4O3. The molecule has 27 heavy (non-hydrogen) atoms. The Bertz CT molecular complexity index is 813. The number of benzene rings is 1. The van der Waals surface area contributed by atoms with Gasteiger partial charge in [-0.1, -0.05) is 26.8 Å². The highest BCUT2D eigenvalue weighted by atomic mass is 16.7. The molecule has 1 aliphatic rings. The van der Waals surface area contributed by atoms with Gasteiger partial charge in [0, 0.05) is 24.4 Å². The monoisotopic (exact) mass is 370 g/mol. The molecule has 1 atom stereocenters. The van der Waals surface area contributed by atoms with Gasteiger partial charge in [-0.2, -0.15) is 0 Å². The lowest BCUT2D eigenvalue weighted by Crippen LogP contribution is -2.34. The van der Waals surface area contributed by atoms with E-state index in [9.17, 15) is 4.79 Å². The first-order valence-electron chi connectivity index (χ1n) is 8.92. The number of rotatable bonds is 5. The van der Waals surface area contributed by atoms with Crippen LogP contribution in [-0.2, 0) is 5.41 Å². The molecule has 1 N–H and O–H groups in total. The number of fused-ring (bicyclic) bond motifs is 1. The third-order valence-corrected chi connectivity index (χ3v) is 4.45. The van der Waals surface area contributed by atoms with Crippen LogP contribution in [0.5, 0.6) is 11.5 Å². The van der Waals surface area contributed by atoms with E-state index in [0.29, 0.717) is 17.9 Å². The lowest BCUT2D eigenvalue weighted by molar-refractivity contribution is 0.0941. The Hall–Kier alpha value is -2.67. The van der Waals surface area contributed by atoms with E-state index < -0.39 is 0 Å². The zero-order valence-corrected chi connectivity index (χ0v) is 16.4. The van der Waals surface area contributed by atoms with Crippen LogP contribution in [0.25, 0.3) is 0 Å². The Balaban J connectivity index is 1.68. The quantitative estimate of drug-likeness (QED) is 0.872. The summed E-state index contributed by atoms with van der Waals surface area (Å²) in [4.78, 5) is 23.2. The Kier molecular flexibility index (Phi) is 5.32. The highest BCUT2D eigenvalue weighted by Gasteiger charge is 2.21. The van der Waals surface area contributed by atoms with Crippen molar-refractivity contribution in [1.82, 2.24) is 20.2 Å². The van der Waals surface area contributed by atoms with Crippen molar-refractivity contribution in [3.63, 3.8) is 0 Å². The molecule has 0 spiro atoms. The number of carbonyl (C=O) groups excluding carboxylic acids is 1. The largest absolute Gasteiger partial charge is 0.454 e. The fourth-order valence-corrected chi connectivity index (χ4v) is 2.84. The predicted octanol–water partition coefficient (Wildman–Crippen LogP) is 2.54. The number of ether oxygens (including phenoxy) is 2. The van der Waals surface area contributed by atoms with E-state index in [0.717, 1.165) is 17.1 Å². The first-order chi connectivity index (χ1) is 12.8. The molecule has 2 aromatic rings. The van der Waals surface area contributed by atoms with Gasteiger partial charge in [-0.05, 0) is 31.8 Å². The van der Waals surface area contributed by atoms with E-state index in [1.165, 1.54) is 0 Å². The first kappa shape index (κ1) is 19.1. The van der Waals surface area contributed by atoms with Gasteiger partial charge in [0.1, 0.15) is 5.82 Å². The zero-order valence-electron chi connectivity index (χ0n) is 16.4. The summed E-state index contributed by atoms with van der Waals surface area (Å²) in [6, 6.07) is 5.85. The highest BCUT2D eigenvalue weighted by Crippen LogP contribution is 2.34. The van der Waals surface area contributed by atoms with Crippen LogP contribution in [0.3, 0.4) is 0 Å². The minimum atomic E-state index is -0.192. The third kappa shape index (κ3) is 4.36. The summed E-state index contributed by atoms with van der Waals surface area (Å²) in [6.07, 6.45) is 3.16. The summed E-state index contributed by atoms with van der Waals surface area (Å²) in [5.41, 5.74) is 1.35. The maximum atomic E-state index is 12.5. The molecule has 1 amide bonds. The molecule has 1 aliphatic heterocycles. The SMILES string of the molecule is CN(C)[C@H](CNC(=O)c1cnc(C(C)(C)C)nc1)c1ccc2c(c1)OCO2. The summed E-state index contributed by atoms with van der Waals surface area (Å²) >= 11 is 0. The second-order valence-electron chi connectivity index (χ2n) is 7.85. The molecule has 3 rings (SSSR count). The molecule has 1 aromatic carbocycles. The number of amides is 1. The van der Waals surface area contributed by atoms with E-state index in [4.69, 9.17) is 9.47 Å². The van der Waals surface area contributed by atoms with E-state index >= 15 is 0 Å². The van der Waals surface area contributed by atoms with Crippen LogP contribution in [0.4, 0.5) is 0 Å². The van der Waals surface area contributed by atoms with Gasteiger partial charge < -0.3 is 19.7 Å². The molecule has 0 saturated heterocycles. The van der Waals surface area contributed by atoms with Gasteiger partial charge in [-0.25, -0.2) is 9.97 Å². The zero-order chi connectivity index (χ0) is 19.6. The van der Waals surface area contributed by atoms with Gasteiger partial charge in [-0.15, -0.1) is 0 Å². The average molecular weight is 370 g/mol. The van der Waals surface area contributed by atoms with Crippen molar-refractivity contribution in [3.8, 4) is 11.5 Å². The van der Waals surface area contributed by atoms with Gasteiger partial charge in [0.15, 0.2) is 11.5 Å². The van der Waals surface area contributed by atoms with E-state index in [1.807, 2.05) is 53.1 Å². The van der Waals surface area contributed by atoms with Gasteiger partial charge in [0.2, 0.25) is 6.79 Å². The van der Waals surface area contributed by atoms with Crippen molar-refractivity contribution in [2.24, 2.45) is 0 Å². The minimum Gasteiger partial charge on any atom is -0.454 e. The van der Waals surface area contributed by atoms with Crippen molar-refractivity contribution in [3.05, 3.63) is 47.5 Å². The topological polar surface area (TPSA) is 76.6 Å². The van der Waals surface area contributed by atoms with E-state index in [-0.39, 0.29) is 24.2 Å². The van der Waals surface area contributed by atoms with Crippen LogP contribution < -0.4 is 14.8 Å². The third-order valence-electron chi connectivity index (χ3n) is 4.45. The lowest BCUT2D eigenvalue weighted by atomic mass is 9.96. The average Bonchev–Trinajstić information content (AvgIpc) is 3.08. The molecule has 0 aliphatic carbocycles. The molecule has 144 valence electrons. The van der Waals surface area contributed by atoms with Crippen LogP contribution in [-0.4, -0.2) is 48.2 Å². The summed E-state index contributed by atoms with van der Waals surface area (Å²) in [7, 11) is 3.95. The second kappa shape index (κ2) is 7.52. The Morgan fingerprint density at radius 2 is 1.85 bits per heavy atom. The normalized spacial score (nSPS) is 14.3. The summed E-state index contributed by atoms with van der Waals surface area (Å²) in [5, 5.41) is 2.97. The van der Waals surface area contributed by atoms with Gasteiger partial charge in [0.05, 0.1) is 11.6 Å². The van der Waals surface area contributed by atoms with E-state index in [1.54, 1.807) is 12.4 Å². The van der Waals surface area contributed by atoms with Crippen molar-refractivity contribution in [1.29, 1.82) is 0 Å². The summed E-state index contributed by atoms with van der Waals surface area (Å²) < 4.78 is 10.8. The van der Waals surface area contributed by atoms with Gasteiger partial charge in [0.25, 0.3) is 5.91 Å². The fraction of sp³-hybridized carbons (Fsp3) is 0.450. The lowest BCUT2D eigenvalue weighted by Gasteiger charge is -2.25. The number of carbonyl (C=O) groups is 1. The molecule has 2 heterocycles. The Morgan fingerprint density at radius 1 is 1.19 bits per heavy atom. The van der Waals surface area contributed by atoms with Crippen LogP contribution in [0, 0.1) is 0 Å². The van der Waals surface area contributed by atoms with Crippen LogP contribution >= 0.6 is 0 Å². The molecule has 0 saturated carbocycles. The Labute approximate surface area is 159 Å². The maximum absolute atomic E-state index is 12.5. The second-order valence-corrected chi connectivity index (χ2v) is 7.85. The number of nitrogens with one attached hydrogen (secondary N) is 1. The molecule has 1 aromatic heterocycles. The molecule has 0 fully saturated rings. The fourth-order valence-electron chi connectivity index (χ4n) is 2.84. The molecule has 0 radical (unpaired) electrons. The predicted molar refractivity (Wildman–Crippen MR) is 102 cm³/mol. The molecule has 0 bridgehead atoms. The summed E-state index contributed by atoms with van der Waals surface area (Å²) in [5.74, 6) is 2.00. The minimum absolute atomic E-state index is 0.00165. The van der Waals surface area contributed by atoms with Crippen molar-refractivity contribution in [2.45, 2.75) is 32.2 Å². The number of likely N-dealkylation sites (N-methyl/N-ethyl adjacent to an activating group) is 1. The van der Waals surface area contributed by atoms with Crippen molar-refractivity contribution >= 4 is 5.91 Å². The smallest absolute Gasteiger partial charge is 0.254 e. The standard InChI is InChI=1S/C20H26N4O3/c1-20(2,3)19-22-9-14(10-23-19)18(25)21-11-15(24(4)5)13-6-7-16-17(8-13)27-12-26-16/h6-10,15H,11-12H2,1-5H3,(H,21,25)/t15-/m1/s1. The number of aromatic nitrogens is 2. The maximum Gasteiger partial charge on any atom is 0.254 e. The summed E-state index contributed by atoms with van der Waals surface area (Å²) in [6.45, 7) is 6.80. The molecule has 7 nitrogen and oxygen atoms in total. The van der Waals surface area contributed by atoms with Crippen LogP contribution in [0.15, 0.2) is 30.6 Å². The first-order valence-corrected chi connectivity index (χ1v) is 8.92. The van der Waals surface area contributed by atoms with E-state index in [2.05, 4.69) is 20.2 Å². The van der Waals surface area contributed by atoms with Crippen molar-refractivity contribution in [2.75, 3.05) is 27.4 Å². The van der Waals surface area contributed by atoms with Gasteiger partial charge >= 0.3 is 0 Å².